The summed E-state index contributed by atoms with van der Waals surface area (Å²) in [5.41, 5.74) is 4.76. The summed E-state index contributed by atoms with van der Waals surface area (Å²) in [6, 6.07) is 15.8. The number of hydrogen-bond donors (Lipinski definition) is 1. The van der Waals surface area contributed by atoms with Gasteiger partial charge in [-0.3, -0.25) is 4.57 Å². The van der Waals surface area contributed by atoms with E-state index in [9.17, 15) is 5.11 Å². The Hall–Kier alpha value is -2.92. The van der Waals surface area contributed by atoms with E-state index in [-0.39, 0.29) is 6.61 Å². The van der Waals surface area contributed by atoms with Gasteiger partial charge in [0.15, 0.2) is 0 Å². The highest BCUT2D eigenvalue weighted by molar-refractivity contribution is 5.78. The average molecular weight is 290 g/mol. The Kier molecular flexibility index (Phi) is 2.98. The number of fused-ring (bicyclic) bond motifs is 1. The number of imidazole rings is 1. The molecule has 4 rings (SSSR count). The van der Waals surface area contributed by atoms with Crippen molar-refractivity contribution >= 4 is 11.0 Å². The Labute approximate surface area is 127 Å². The molecule has 2 aromatic carbocycles. The molecule has 0 aliphatic carbocycles. The third-order valence-corrected chi connectivity index (χ3v) is 3.67. The number of aromatic nitrogens is 4. The van der Waals surface area contributed by atoms with Crippen LogP contribution in [-0.2, 0) is 6.61 Å². The molecule has 0 fully saturated rings. The molecule has 0 bridgehead atoms. The van der Waals surface area contributed by atoms with Crippen molar-refractivity contribution in [3.05, 3.63) is 72.8 Å². The van der Waals surface area contributed by atoms with Gasteiger partial charge in [-0.15, -0.1) is 0 Å². The highest BCUT2D eigenvalue weighted by atomic mass is 16.3. The molecule has 0 saturated carbocycles. The molecule has 0 amide bonds. The Balaban J connectivity index is 1.84. The van der Waals surface area contributed by atoms with Crippen LogP contribution in [0.4, 0.5) is 0 Å². The van der Waals surface area contributed by atoms with Crippen molar-refractivity contribution in [3.63, 3.8) is 0 Å². The van der Waals surface area contributed by atoms with Crippen molar-refractivity contribution < 1.29 is 5.11 Å². The molecule has 4 aromatic rings. The molecular weight excluding hydrogens is 276 g/mol. The average Bonchev–Trinajstić information content (AvgIpc) is 3.24. The Morgan fingerprint density at radius 1 is 1.00 bits per heavy atom. The van der Waals surface area contributed by atoms with Crippen LogP contribution in [0.2, 0.25) is 0 Å². The summed E-state index contributed by atoms with van der Waals surface area (Å²) in [4.78, 5) is 4.43. The summed E-state index contributed by atoms with van der Waals surface area (Å²) in [5.74, 6) is 0. The summed E-state index contributed by atoms with van der Waals surface area (Å²) >= 11 is 0. The van der Waals surface area contributed by atoms with Gasteiger partial charge in [-0.1, -0.05) is 12.1 Å². The zero-order valence-corrected chi connectivity index (χ0v) is 11.8. The van der Waals surface area contributed by atoms with E-state index in [1.807, 2.05) is 57.9 Å². The quantitative estimate of drug-likeness (QED) is 0.631. The van der Waals surface area contributed by atoms with E-state index in [2.05, 4.69) is 16.1 Å². The second-order valence-electron chi connectivity index (χ2n) is 5.07. The molecule has 2 aromatic heterocycles. The summed E-state index contributed by atoms with van der Waals surface area (Å²) in [7, 11) is 0. The van der Waals surface area contributed by atoms with Crippen LogP contribution in [0.3, 0.4) is 0 Å². The Morgan fingerprint density at radius 3 is 2.73 bits per heavy atom. The zero-order chi connectivity index (χ0) is 14.9. The van der Waals surface area contributed by atoms with Crippen molar-refractivity contribution in [3.8, 4) is 11.4 Å². The molecule has 0 spiro atoms. The van der Waals surface area contributed by atoms with Gasteiger partial charge in [-0.25, -0.2) is 9.67 Å². The number of aliphatic hydroxyl groups excluding tert-OH is 1. The summed E-state index contributed by atoms with van der Waals surface area (Å²) < 4.78 is 3.86. The van der Waals surface area contributed by atoms with Crippen LogP contribution in [0, 0.1) is 0 Å². The van der Waals surface area contributed by atoms with Crippen LogP contribution >= 0.6 is 0 Å². The van der Waals surface area contributed by atoms with Gasteiger partial charge in [0, 0.05) is 18.1 Å². The summed E-state index contributed by atoms with van der Waals surface area (Å²) in [6.07, 6.45) is 5.47. The molecule has 0 saturated heterocycles. The second-order valence-corrected chi connectivity index (χ2v) is 5.07. The first-order chi connectivity index (χ1) is 10.8. The maximum absolute atomic E-state index is 9.22. The van der Waals surface area contributed by atoms with Gasteiger partial charge in [0.1, 0.15) is 6.33 Å². The first kappa shape index (κ1) is 12.8. The molecular formula is C17H14N4O. The van der Waals surface area contributed by atoms with Crippen molar-refractivity contribution in [2.45, 2.75) is 6.61 Å². The maximum atomic E-state index is 9.22. The van der Waals surface area contributed by atoms with E-state index in [0.717, 1.165) is 28.0 Å². The first-order valence-corrected chi connectivity index (χ1v) is 7.02. The van der Waals surface area contributed by atoms with Crippen LogP contribution < -0.4 is 0 Å². The lowest BCUT2D eigenvalue weighted by Gasteiger charge is -2.07. The summed E-state index contributed by atoms with van der Waals surface area (Å²) in [5, 5.41) is 13.5. The highest BCUT2D eigenvalue weighted by Gasteiger charge is 2.06. The molecule has 0 aliphatic rings. The van der Waals surface area contributed by atoms with Crippen molar-refractivity contribution in [1.82, 2.24) is 19.3 Å². The fourth-order valence-corrected chi connectivity index (χ4v) is 2.57. The van der Waals surface area contributed by atoms with Gasteiger partial charge < -0.3 is 5.11 Å². The third kappa shape index (κ3) is 2.08. The number of benzene rings is 2. The SMILES string of the molecule is OCc1ccc2c(c1)ncn2-c1cccc(-n2cccn2)c1. The van der Waals surface area contributed by atoms with Gasteiger partial charge in [-0.05, 0) is 42.0 Å². The molecule has 0 atom stereocenters. The Bertz CT molecular complexity index is 925. The normalized spacial score (nSPS) is 11.1. The van der Waals surface area contributed by atoms with Gasteiger partial charge in [0.25, 0.3) is 0 Å². The molecule has 5 nitrogen and oxygen atoms in total. The lowest BCUT2D eigenvalue weighted by atomic mass is 10.2. The summed E-state index contributed by atoms with van der Waals surface area (Å²) in [6.45, 7) is 0.0254. The lowest BCUT2D eigenvalue weighted by Crippen LogP contribution is -1.97. The number of rotatable bonds is 3. The van der Waals surface area contributed by atoms with E-state index >= 15 is 0 Å². The van der Waals surface area contributed by atoms with Crippen LogP contribution in [0.25, 0.3) is 22.4 Å². The first-order valence-electron chi connectivity index (χ1n) is 7.02. The monoisotopic (exact) mass is 290 g/mol. The molecule has 0 unspecified atom stereocenters. The van der Waals surface area contributed by atoms with Crippen LogP contribution in [0.5, 0.6) is 0 Å². The minimum absolute atomic E-state index is 0.0254. The topological polar surface area (TPSA) is 55.9 Å². The molecule has 0 aliphatic heterocycles. The number of aliphatic hydroxyl groups is 1. The van der Waals surface area contributed by atoms with Crippen LogP contribution in [0.1, 0.15) is 5.56 Å². The molecule has 5 heteroatoms. The van der Waals surface area contributed by atoms with Gasteiger partial charge >= 0.3 is 0 Å². The van der Waals surface area contributed by atoms with E-state index in [1.54, 1.807) is 12.5 Å². The van der Waals surface area contributed by atoms with E-state index < -0.39 is 0 Å². The van der Waals surface area contributed by atoms with Crippen LogP contribution in [0.15, 0.2) is 67.3 Å². The highest BCUT2D eigenvalue weighted by Crippen LogP contribution is 2.21. The minimum atomic E-state index is 0.0254. The largest absolute Gasteiger partial charge is 0.392 e. The number of nitrogens with zero attached hydrogens (tertiary/aromatic N) is 4. The molecule has 2 heterocycles. The van der Waals surface area contributed by atoms with Crippen molar-refractivity contribution in [2.75, 3.05) is 0 Å². The fraction of sp³-hybridized carbons (Fsp3) is 0.0588. The van der Waals surface area contributed by atoms with Crippen LogP contribution in [-0.4, -0.2) is 24.4 Å². The predicted octanol–water partition coefficient (Wildman–Crippen LogP) is 2.70. The van der Waals surface area contributed by atoms with E-state index in [0.29, 0.717) is 0 Å². The number of hydrogen-bond acceptors (Lipinski definition) is 3. The fourth-order valence-electron chi connectivity index (χ4n) is 2.57. The van der Waals surface area contributed by atoms with Crippen molar-refractivity contribution in [2.24, 2.45) is 0 Å². The minimum Gasteiger partial charge on any atom is -0.392 e. The van der Waals surface area contributed by atoms with Gasteiger partial charge in [0.2, 0.25) is 0 Å². The Morgan fingerprint density at radius 2 is 1.91 bits per heavy atom. The molecule has 1 N–H and O–H groups in total. The molecule has 108 valence electrons. The smallest absolute Gasteiger partial charge is 0.100 e. The van der Waals surface area contributed by atoms with Crippen molar-refractivity contribution in [1.29, 1.82) is 0 Å². The third-order valence-electron chi connectivity index (χ3n) is 3.67. The zero-order valence-electron chi connectivity index (χ0n) is 11.8. The van der Waals surface area contributed by atoms with E-state index in [4.69, 9.17) is 0 Å². The standard InChI is InChI=1S/C17H14N4O/c22-11-13-5-6-17-16(9-13)18-12-20(17)14-3-1-4-15(10-14)21-8-2-7-19-21/h1-10,12,22H,11H2. The molecule has 0 radical (unpaired) electrons. The predicted molar refractivity (Wildman–Crippen MR) is 84.1 cm³/mol. The lowest BCUT2D eigenvalue weighted by molar-refractivity contribution is 0.282. The van der Waals surface area contributed by atoms with Gasteiger partial charge in [0.05, 0.1) is 23.3 Å². The maximum Gasteiger partial charge on any atom is 0.100 e. The van der Waals surface area contributed by atoms with Gasteiger partial charge in [-0.2, -0.15) is 5.10 Å². The molecule has 22 heavy (non-hydrogen) atoms. The second kappa shape index (κ2) is 5.13. The van der Waals surface area contributed by atoms with E-state index in [1.165, 1.54) is 0 Å².